The van der Waals surface area contributed by atoms with Crippen molar-refractivity contribution >= 4 is 35.3 Å². The molecule has 1 fully saturated rings. The maximum atomic E-state index is 13.8. The Morgan fingerprint density at radius 1 is 1.17 bits per heavy atom. The minimum Gasteiger partial charge on any atom is -0.453 e. The van der Waals surface area contributed by atoms with Crippen molar-refractivity contribution in [3.05, 3.63) is 70.7 Å². The van der Waals surface area contributed by atoms with Gasteiger partial charge in [-0.05, 0) is 73.1 Å². The number of aliphatic imine (C=N–C) groups is 1. The molecule has 0 spiro atoms. The summed E-state index contributed by atoms with van der Waals surface area (Å²) in [5.41, 5.74) is 7.08. The lowest BCUT2D eigenvalue weighted by atomic mass is 9.82. The second-order valence-corrected chi connectivity index (χ2v) is 12.6. The molecular weight excluding hydrogens is 552 g/mol. The molecule has 42 heavy (non-hydrogen) atoms. The summed E-state index contributed by atoms with van der Waals surface area (Å²) in [5.74, 6) is 1.14. The zero-order valence-corrected chi connectivity index (χ0v) is 25.6. The summed E-state index contributed by atoms with van der Waals surface area (Å²) in [6.07, 6.45) is 5.37. The molecule has 3 N–H and O–H groups in total. The highest BCUT2D eigenvalue weighted by Gasteiger charge is 2.49. The predicted octanol–water partition coefficient (Wildman–Crippen LogP) is 5.86. The first kappa shape index (κ1) is 31.5. The standard InChI is InChI=1S/C33H43ClN4O4/c1-22(2)21-33(26-11-5-4-6-12-26)30(40)38(31(35)37-33)16-8-10-24(17-23-14-15-23)20-29(39)28(36-32(41)42-3)19-25-9-7-13-27(34)18-25/h4-7,9,11-13,18,22-24,28H,8,10,14-17,19-21H2,1-3H3,(H2,35,37)(H,36,41)/t24?,28-,33+/m0/s1. The molecular formula is C33H43ClN4O4. The highest BCUT2D eigenvalue weighted by molar-refractivity contribution is 6.30. The van der Waals surface area contributed by atoms with E-state index in [2.05, 4.69) is 19.2 Å². The summed E-state index contributed by atoms with van der Waals surface area (Å²) >= 11 is 6.16. The third-order valence-corrected chi connectivity index (χ3v) is 8.41. The molecule has 1 unspecified atom stereocenters. The van der Waals surface area contributed by atoms with Crippen molar-refractivity contribution in [2.45, 2.75) is 76.8 Å². The van der Waals surface area contributed by atoms with E-state index in [1.165, 1.54) is 20.0 Å². The summed E-state index contributed by atoms with van der Waals surface area (Å²) in [7, 11) is 1.29. The van der Waals surface area contributed by atoms with Crippen molar-refractivity contribution in [3.63, 3.8) is 0 Å². The van der Waals surface area contributed by atoms with Crippen LogP contribution in [0.1, 0.15) is 69.9 Å². The number of guanidine groups is 1. The van der Waals surface area contributed by atoms with Gasteiger partial charge in [0.1, 0.15) is 0 Å². The average molecular weight is 595 g/mol. The van der Waals surface area contributed by atoms with Gasteiger partial charge in [-0.3, -0.25) is 14.5 Å². The molecule has 2 aromatic rings. The number of carbonyl (C=O) groups excluding carboxylic acids is 3. The number of ether oxygens (including phenoxy) is 1. The first-order valence-corrected chi connectivity index (χ1v) is 15.3. The predicted molar refractivity (Wildman–Crippen MR) is 165 cm³/mol. The number of hydrogen-bond donors (Lipinski definition) is 2. The SMILES string of the molecule is COC(=O)N[C@@H](Cc1cccc(Cl)c1)C(=O)CC(CCCN1C(=O)[C@@](CC(C)C)(c2ccccc2)N=C1N)CC1CC1. The Kier molecular flexibility index (Phi) is 10.7. The normalized spacial score (nSPS) is 19.9. The number of carbonyl (C=O) groups is 3. The van der Waals surface area contributed by atoms with Gasteiger partial charge in [-0.15, -0.1) is 0 Å². The van der Waals surface area contributed by atoms with Gasteiger partial charge in [-0.1, -0.05) is 80.8 Å². The lowest BCUT2D eigenvalue weighted by molar-refractivity contribution is -0.132. The number of nitrogens with two attached hydrogens (primary N) is 1. The molecule has 1 aliphatic carbocycles. The number of methoxy groups -OCH3 is 1. The van der Waals surface area contributed by atoms with Crippen LogP contribution in [0.3, 0.4) is 0 Å². The average Bonchev–Trinajstić information content (AvgIpc) is 3.74. The van der Waals surface area contributed by atoms with Crippen LogP contribution in [0.5, 0.6) is 0 Å². The summed E-state index contributed by atoms with van der Waals surface area (Å²) in [6, 6.07) is 16.2. The van der Waals surface area contributed by atoms with E-state index in [1.807, 2.05) is 42.5 Å². The molecule has 2 aromatic carbocycles. The molecule has 8 nitrogen and oxygen atoms in total. The Bertz CT molecular complexity index is 1280. The number of nitrogens with one attached hydrogen (secondary N) is 1. The highest BCUT2D eigenvalue weighted by Crippen LogP contribution is 2.40. The monoisotopic (exact) mass is 594 g/mol. The first-order valence-electron chi connectivity index (χ1n) is 15.0. The molecule has 0 aromatic heterocycles. The number of nitrogens with zero attached hydrogens (tertiary/aromatic N) is 2. The maximum Gasteiger partial charge on any atom is 0.407 e. The van der Waals surface area contributed by atoms with Gasteiger partial charge >= 0.3 is 6.09 Å². The number of rotatable bonds is 15. The van der Waals surface area contributed by atoms with Gasteiger partial charge in [0.2, 0.25) is 0 Å². The largest absolute Gasteiger partial charge is 0.453 e. The Hall–Kier alpha value is -3.39. The minimum atomic E-state index is -1.00. The van der Waals surface area contributed by atoms with Crippen molar-refractivity contribution in [2.24, 2.45) is 28.5 Å². The topological polar surface area (TPSA) is 114 Å². The van der Waals surface area contributed by atoms with Gasteiger partial charge in [-0.25, -0.2) is 9.79 Å². The van der Waals surface area contributed by atoms with Crippen LogP contribution in [0.15, 0.2) is 59.6 Å². The number of hydrogen-bond acceptors (Lipinski definition) is 6. The summed E-state index contributed by atoms with van der Waals surface area (Å²) < 4.78 is 4.80. The molecule has 2 aliphatic rings. The van der Waals surface area contributed by atoms with Crippen molar-refractivity contribution in [3.8, 4) is 0 Å². The molecule has 226 valence electrons. The third kappa shape index (κ3) is 8.12. The van der Waals surface area contributed by atoms with E-state index >= 15 is 0 Å². The zero-order chi connectivity index (χ0) is 30.3. The lowest BCUT2D eigenvalue weighted by Gasteiger charge is -2.28. The molecule has 0 bridgehead atoms. The summed E-state index contributed by atoms with van der Waals surface area (Å²) in [6.45, 7) is 4.61. The molecule has 0 saturated heterocycles. The van der Waals surface area contributed by atoms with Crippen molar-refractivity contribution in [1.82, 2.24) is 10.2 Å². The molecule has 1 aliphatic heterocycles. The summed E-state index contributed by atoms with van der Waals surface area (Å²) in [4.78, 5) is 45.9. The zero-order valence-electron chi connectivity index (χ0n) is 24.9. The van der Waals surface area contributed by atoms with E-state index in [0.717, 1.165) is 24.0 Å². The highest BCUT2D eigenvalue weighted by atomic mass is 35.5. The third-order valence-electron chi connectivity index (χ3n) is 8.18. The van der Waals surface area contributed by atoms with Gasteiger partial charge in [0, 0.05) is 18.0 Å². The number of halogens is 1. The summed E-state index contributed by atoms with van der Waals surface area (Å²) in [5, 5.41) is 3.30. The fourth-order valence-electron chi connectivity index (χ4n) is 6.03. The van der Waals surface area contributed by atoms with E-state index in [1.54, 1.807) is 17.0 Å². The van der Waals surface area contributed by atoms with Crippen LogP contribution in [0, 0.1) is 17.8 Å². The second-order valence-electron chi connectivity index (χ2n) is 12.1. The van der Waals surface area contributed by atoms with Crippen LogP contribution in [0.2, 0.25) is 5.02 Å². The number of Topliss-reactive ketones (excluding diaryl/α,β-unsaturated/α-hetero) is 1. The second kappa shape index (κ2) is 14.2. The van der Waals surface area contributed by atoms with E-state index in [4.69, 9.17) is 27.1 Å². The van der Waals surface area contributed by atoms with Crippen LogP contribution in [0.25, 0.3) is 0 Å². The molecule has 2 amide bonds. The molecule has 1 heterocycles. The molecule has 4 rings (SSSR count). The molecule has 0 radical (unpaired) electrons. The number of ketones is 1. The van der Waals surface area contributed by atoms with E-state index < -0.39 is 17.7 Å². The Morgan fingerprint density at radius 3 is 2.55 bits per heavy atom. The first-order chi connectivity index (χ1) is 20.1. The van der Waals surface area contributed by atoms with Crippen LogP contribution in [-0.4, -0.2) is 48.3 Å². The molecule has 1 saturated carbocycles. The van der Waals surface area contributed by atoms with Crippen LogP contribution in [-0.2, 0) is 26.3 Å². The smallest absolute Gasteiger partial charge is 0.407 e. The van der Waals surface area contributed by atoms with Crippen LogP contribution < -0.4 is 11.1 Å². The van der Waals surface area contributed by atoms with Gasteiger partial charge in [0.25, 0.3) is 5.91 Å². The van der Waals surface area contributed by atoms with E-state index in [-0.39, 0.29) is 29.5 Å². The van der Waals surface area contributed by atoms with Crippen molar-refractivity contribution in [1.29, 1.82) is 0 Å². The van der Waals surface area contributed by atoms with Gasteiger partial charge in [0.15, 0.2) is 17.3 Å². The maximum absolute atomic E-state index is 13.8. The van der Waals surface area contributed by atoms with E-state index in [0.29, 0.717) is 43.2 Å². The Balaban J connectivity index is 1.42. The van der Waals surface area contributed by atoms with Gasteiger partial charge < -0.3 is 15.8 Å². The lowest BCUT2D eigenvalue weighted by Crippen LogP contribution is -2.44. The fraction of sp³-hybridized carbons (Fsp3) is 0.515. The number of benzene rings is 2. The number of amides is 2. The molecule has 3 atom stereocenters. The molecule has 9 heteroatoms. The fourth-order valence-corrected chi connectivity index (χ4v) is 6.24. The minimum absolute atomic E-state index is 0.0376. The van der Waals surface area contributed by atoms with Gasteiger partial charge in [0.05, 0.1) is 13.2 Å². The number of alkyl carbamates (subject to hydrolysis) is 1. The van der Waals surface area contributed by atoms with Crippen LogP contribution in [0.4, 0.5) is 4.79 Å². The Labute approximate surface area is 254 Å². The van der Waals surface area contributed by atoms with Gasteiger partial charge in [-0.2, -0.15) is 0 Å². The quantitative estimate of drug-likeness (QED) is 0.268. The Morgan fingerprint density at radius 2 is 1.90 bits per heavy atom. The van der Waals surface area contributed by atoms with E-state index in [9.17, 15) is 14.4 Å². The van der Waals surface area contributed by atoms with Crippen molar-refractivity contribution < 1.29 is 19.1 Å². The van der Waals surface area contributed by atoms with Crippen LogP contribution >= 0.6 is 11.6 Å². The van der Waals surface area contributed by atoms with Crippen molar-refractivity contribution in [2.75, 3.05) is 13.7 Å².